The molecule has 1 amide bonds. The van der Waals surface area contributed by atoms with E-state index >= 15 is 0 Å². The van der Waals surface area contributed by atoms with E-state index in [1.165, 1.54) is 18.0 Å². The molecule has 6 nitrogen and oxygen atoms in total. The number of carbonyl (C=O) groups is 1. The maximum atomic E-state index is 13.7. The van der Waals surface area contributed by atoms with Gasteiger partial charge < -0.3 is 0 Å². The normalized spacial score (nSPS) is 12.2. The number of alkyl halides is 1. The van der Waals surface area contributed by atoms with Crippen LogP contribution in [0.2, 0.25) is 0 Å². The van der Waals surface area contributed by atoms with Crippen molar-refractivity contribution in [1.82, 2.24) is 20.5 Å². The lowest BCUT2D eigenvalue weighted by Gasteiger charge is -2.12. The first-order valence-corrected chi connectivity index (χ1v) is 7.57. The van der Waals surface area contributed by atoms with Crippen LogP contribution < -0.4 is 5.48 Å². The van der Waals surface area contributed by atoms with Crippen LogP contribution in [-0.4, -0.2) is 27.3 Å². The first kappa shape index (κ1) is 18.1. The molecule has 0 aliphatic carbocycles. The zero-order valence-electron chi connectivity index (χ0n) is 11.9. The molecule has 0 saturated heterocycles. The summed E-state index contributed by atoms with van der Waals surface area (Å²) < 4.78 is 66.6. The Morgan fingerprint density at radius 3 is 2.71 bits per heavy atom. The van der Waals surface area contributed by atoms with Gasteiger partial charge in [-0.3, -0.25) is 0 Å². The Balaban J connectivity index is 2.05. The van der Waals surface area contributed by atoms with E-state index in [1.807, 2.05) is 0 Å². The van der Waals surface area contributed by atoms with E-state index in [0.29, 0.717) is 16.1 Å². The second kappa shape index (κ2) is 7.57. The molecule has 0 aliphatic heterocycles. The SMILES string of the molecule is CSCc1cn(C(=O)NOC(F)c2cc(F)c(F)c(F)c2F)nn1. The van der Waals surface area contributed by atoms with Crippen LogP contribution >= 0.6 is 11.8 Å². The lowest BCUT2D eigenvalue weighted by atomic mass is 10.2. The third kappa shape index (κ3) is 3.82. The highest BCUT2D eigenvalue weighted by Gasteiger charge is 2.25. The number of hydrogen-bond acceptors (Lipinski definition) is 5. The molecule has 0 saturated carbocycles. The highest BCUT2D eigenvalue weighted by atomic mass is 32.2. The number of aromatic nitrogens is 3. The molecule has 1 atom stereocenters. The second-order valence-electron chi connectivity index (χ2n) is 4.32. The Morgan fingerprint density at radius 2 is 2.04 bits per heavy atom. The van der Waals surface area contributed by atoms with Gasteiger partial charge in [0.15, 0.2) is 23.3 Å². The standard InChI is InChI=1S/C12H9F5N4O2S/c1-24-4-5-3-21(20-18-5)12(22)19-23-11(17)6-2-7(13)9(15)10(16)8(6)14/h2-3,11H,4H2,1H3,(H,19,22). The average molecular weight is 368 g/mol. The van der Waals surface area contributed by atoms with Gasteiger partial charge in [-0.25, -0.2) is 37.1 Å². The molecule has 1 unspecified atom stereocenters. The quantitative estimate of drug-likeness (QED) is 0.380. The molecule has 0 spiro atoms. The Labute approximate surface area is 135 Å². The Kier molecular flexibility index (Phi) is 5.72. The van der Waals surface area contributed by atoms with Crippen molar-refractivity contribution >= 4 is 17.8 Å². The predicted molar refractivity (Wildman–Crippen MR) is 72.4 cm³/mol. The van der Waals surface area contributed by atoms with Gasteiger partial charge >= 0.3 is 6.03 Å². The van der Waals surface area contributed by atoms with E-state index in [9.17, 15) is 26.7 Å². The van der Waals surface area contributed by atoms with Crippen LogP contribution in [0.5, 0.6) is 0 Å². The summed E-state index contributed by atoms with van der Waals surface area (Å²) in [4.78, 5) is 15.8. The third-order valence-corrected chi connectivity index (χ3v) is 3.25. The Morgan fingerprint density at radius 1 is 1.33 bits per heavy atom. The van der Waals surface area contributed by atoms with Crippen LogP contribution in [0.4, 0.5) is 26.7 Å². The molecule has 1 N–H and O–H groups in total. The largest absolute Gasteiger partial charge is 0.367 e. The summed E-state index contributed by atoms with van der Waals surface area (Å²) in [6, 6.07) is -1.00. The monoisotopic (exact) mass is 368 g/mol. The number of hydroxylamine groups is 1. The van der Waals surface area contributed by atoms with Crippen molar-refractivity contribution in [2.75, 3.05) is 6.26 Å². The molecule has 1 aromatic heterocycles. The van der Waals surface area contributed by atoms with Gasteiger partial charge in [0, 0.05) is 5.75 Å². The van der Waals surface area contributed by atoms with E-state index in [-0.39, 0.29) is 6.07 Å². The van der Waals surface area contributed by atoms with Gasteiger partial charge in [-0.15, -0.1) is 5.10 Å². The van der Waals surface area contributed by atoms with Crippen LogP contribution in [0.3, 0.4) is 0 Å². The zero-order chi connectivity index (χ0) is 17.9. The lowest BCUT2D eigenvalue weighted by molar-refractivity contribution is -0.0856. The zero-order valence-corrected chi connectivity index (χ0v) is 12.7. The van der Waals surface area contributed by atoms with Crippen molar-refractivity contribution in [3.63, 3.8) is 0 Å². The first-order chi connectivity index (χ1) is 11.3. The summed E-state index contributed by atoms with van der Waals surface area (Å²) in [5, 5.41) is 7.08. The number of halogens is 5. The second-order valence-corrected chi connectivity index (χ2v) is 5.18. The summed E-state index contributed by atoms with van der Waals surface area (Å²) in [6.07, 6.45) is 0.249. The number of hydrogen-bond donors (Lipinski definition) is 1. The summed E-state index contributed by atoms with van der Waals surface area (Å²) in [7, 11) is 0. The smallest absolute Gasteiger partial charge is 0.244 e. The van der Waals surface area contributed by atoms with E-state index in [0.717, 1.165) is 0 Å². The molecule has 1 heterocycles. The minimum absolute atomic E-state index is 0.0800. The molecule has 12 heteroatoms. The van der Waals surface area contributed by atoms with Crippen LogP contribution in [0.15, 0.2) is 12.3 Å². The molecule has 2 rings (SSSR count). The maximum absolute atomic E-state index is 13.7. The summed E-state index contributed by atoms with van der Waals surface area (Å²) in [5.74, 6) is -7.59. The predicted octanol–water partition coefficient (Wildman–Crippen LogP) is 2.86. The van der Waals surface area contributed by atoms with Gasteiger partial charge in [0.25, 0.3) is 6.36 Å². The molecule has 0 radical (unpaired) electrons. The molecular weight excluding hydrogens is 359 g/mol. The van der Waals surface area contributed by atoms with E-state index < -0.39 is 41.2 Å². The van der Waals surface area contributed by atoms with Crippen molar-refractivity contribution in [3.05, 3.63) is 46.8 Å². The Hall–Kier alpha value is -2.21. The topological polar surface area (TPSA) is 69.0 Å². The number of carbonyl (C=O) groups excluding carboxylic acids is 1. The molecule has 2 aromatic rings. The molecule has 24 heavy (non-hydrogen) atoms. The molecule has 1 aromatic carbocycles. The molecule has 0 aliphatic rings. The van der Waals surface area contributed by atoms with E-state index in [1.54, 1.807) is 11.7 Å². The number of thioether (sulfide) groups is 1. The molecule has 0 bridgehead atoms. The van der Waals surface area contributed by atoms with Crippen molar-refractivity contribution in [2.45, 2.75) is 12.1 Å². The minimum Gasteiger partial charge on any atom is -0.244 e. The maximum Gasteiger partial charge on any atom is 0.367 e. The van der Waals surface area contributed by atoms with Gasteiger partial charge in [-0.2, -0.15) is 16.4 Å². The molecule has 0 fully saturated rings. The van der Waals surface area contributed by atoms with Crippen molar-refractivity contribution in [2.24, 2.45) is 0 Å². The van der Waals surface area contributed by atoms with Crippen LogP contribution in [0.25, 0.3) is 0 Å². The first-order valence-electron chi connectivity index (χ1n) is 6.18. The fraction of sp³-hybridized carbons (Fsp3) is 0.250. The number of amides is 1. The summed E-state index contributed by atoms with van der Waals surface area (Å²) >= 11 is 1.42. The van der Waals surface area contributed by atoms with Gasteiger partial charge in [0.2, 0.25) is 0 Å². The van der Waals surface area contributed by atoms with E-state index in [2.05, 4.69) is 15.1 Å². The highest BCUT2D eigenvalue weighted by molar-refractivity contribution is 7.97. The average Bonchev–Trinajstić information content (AvgIpc) is 3.02. The van der Waals surface area contributed by atoms with Crippen molar-refractivity contribution < 1.29 is 31.6 Å². The minimum atomic E-state index is -2.78. The summed E-state index contributed by atoms with van der Waals surface area (Å²) in [5.41, 5.74) is 0.773. The Bertz CT molecular complexity index is 757. The van der Waals surface area contributed by atoms with Crippen LogP contribution in [0.1, 0.15) is 17.6 Å². The highest BCUT2D eigenvalue weighted by Crippen LogP contribution is 2.26. The number of benzene rings is 1. The number of nitrogens with one attached hydrogen (secondary N) is 1. The van der Waals surface area contributed by atoms with Crippen LogP contribution in [0, 0.1) is 23.3 Å². The van der Waals surface area contributed by atoms with Crippen molar-refractivity contribution in [3.8, 4) is 0 Å². The van der Waals surface area contributed by atoms with Gasteiger partial charge in [-0.1, -0.05) is 5.21 Å². The number of rotatable bonds is 5. The van der Waals surface area contributed by atoms with Gasteiger partial charge in [0.05, 0.1) is 17.5 Å². The van der Waals surface area contributed by atoms with Crippen LogP contribution in [-0.2, 0) is 10.6 Å². The lowest BCUT2D eigenvalue weighted by Crippen LogP contribution is -2.30. The van der Waals surface area contributed by atoms with Gasteiger partial charge in [0.1, 0.15) is 0 Å². The molecular formula is C12H9F5N4O2S. The fourth-order valence-electron chi connectivity index (χ4n) is 1.58. The molecule has 130 valence electrons. The van der Waals surface area contributed by atoms with Crippen molar-refractivity contribution in [1.29, 1.82) is 0 Å². The third-order valence-electron chi connectivity index (χ3n) is 2.67. The number of nitrogens with zero attached hydrogens (tertiary/aromatic N) is 3. The van der Waals surface area contributed by atoms with E-state index in [4.69, 9.17) is 0 Å². The van der Waals surface area contributed by atoms with Gasteiger partial charge in [-0.05, 0) is 12.3 Å². The fourth-order valence-corrected chi connectivity index (χ4v) is 2.01. The summed E-state index contributed by atoms with van der Waals surface area (Å²) in [6.45, 7) is 0.